The molecule has 0 atom stereocenters. The molecule has 0 radical (unpaired) electrons. The van der Waals surface area contributed by atoms with Gasteiger partial charge in [-0.2, -0.15) is 47.2 Å². The first kappa shape index (κ1) is 57.3. The first-order valence-electron chi connectivity index (χ1n) is 21.7. The summed E-state index contributed by atoms with van der Waals surface area (Å²) in [4.78, 5) is 6.17. The second-order valence-electron chi connectivity index (χ2n) is 16.6. The summed E-state index contributed by atoms with van der Waals surface area (Å²) in [5.41, 5.74) is 7.00. The predicted octanol–water partition coefficient (Wildman–Crippen LogP) is 9.16. The number of nitrogens with zero attached hydrogens (tertiary/aromatic N) is 8. The van der Waals surface area contributed by atoms with E-state index in [1.54, 1.807) is 0 Å². The van der Waals surface area contributed by atoms with Gasteiger partial charge in [-0.3, -0.25) is 27.6 Å². The lowest BCUT2D eigenvalue weighted by Crippen LogP contribution is -2.04. The van der Waals surface area contributed by atoms with Gasteiger partial charge < -0.3 is 32.1 Å². The van der Waals surface area contributed by atoms with E-state index in [4.69, 9.17) is 11.5 Å². The molecule has 0 saturated heterocycles. The van der Waals surface area contributed by atoms with Gasteiger partial charge in [0.2, 0.25) is 5.91 Å². The van der Waals surface area contributed by atoms with E-state index in [2.05, 4.69) is 46.2 Å². The smallest absolute Gasteiger partial charge is 0.297 e. The van der Waals surface area contributed by atoms with Gasteiger partial charge in [-0.15, -0.1) is 35.8 Å². The first-order valence-corrected chi connectivity index (χ1v) is 28.9. The lowest BCUT2D eigenvalue weighted by atomic mass is 10.1. The summed E-state index contributed by atoms with van der Waals surface area (Å²) >= 11 is 0. The minimum Gasteiger partial charge on any atom is -0.505 e. The zero-order chi connectivity index (χ0) is 58.6. The lowest BCUT2D eigenvalue weighted by Gasteiger charge is -2.13. The van der Waals surface area contributed by atoms with Crippen LogP contribution in [0.1, 0.15) is 12.5 Å². The minimum absolute atomic E-state index is 0.0337. The van der Waals surface area contributed by atoms with Crippen LogP contribution >= 0.6 is 0 Å². The van der Waals surface area contributed by atoms with Crippen LogP contribution in [0.25, 0.3) is 32.3 Å². The van der Waals surface area contributed by atoms with Crippen LogP contribution in [0.15, 0.2) is 169 Å². The van der Waals surface area contributed by atoms with Crippen molar-refractivity contribution in [3.8, 4) is 17.2 Å². The molecular weight excluding hydrogens is 1160 g/mol. The van der Waals surface area contributed by atoms with Gasteiger partial charge in [0.25, 0.3) is 50.6 Å². The normalized spacial score (nSPS) is 13.0. The number of carbonyl (C=O) groups is 1. The van der Waals surface area contributed by atoms with Gasteiger partial charge in [0.05, 0.1) is 16.8 Å². The number of nitrogens with one attached hydrogen (secondary N) is 1. The SMILES string of the molecule is CC(=O)Nc1ccc(N=Nc2c(S(=O)(=O)O)cc3c(S(=O)(=O)O)c(N=Nc4c(S(=O)(=O)O)cc5ccc(N=Nc6cc7c(O)c(N=Nc8ccc(CN)cc8S(=O)(=O)O)ccc7cc6S(=O)(=O)O)c(O)c5c4N)ccc3c2O)cc1. The maximum atomic E-state index is 13.0. The van der Waals surface area contributed by atoms with Gasteiger partial charge in [-0.25, -0.2) is 0 Å². The Morgan fingerprint density at radius 1 is 0.463 bits per heavy atom. The number of phenols is 3. The van der Waals surface area contributed by atoms with E-state index in [0.717, 1.165) is 54.6 Å². The number of hydrogen-bond donors (Lipinski definition) is 11. The van der Waals surface area contributed by atoms with Gasteiger partial charge in [-0.1, -0.05) is 18.2 Å². The van der Waals surface area contributed by atoms with Crippen LogP contribution in [0.4, 0.5) is 56.9 Å². The molecule has 8 aromatic rings. The highest BCUT2D eigenvalue weighted by Crippen LogP contribution is 2.49. The molecule has 0 heterocycles. The largest absolute Gasteiger partial charge is 0.505 e. The van der Waals surface area contributed by atoms with E-state index in [0.29, 0.717) is 17.3 Å². The van der Waals surface area contributed by atoms with E-state index in [1.807, 2.05) is 0 Å². The summed E-state index contributed by atoms with van der Waals surface area (Å²) in [7, 11) is -26.4. The Bertz CT molecular complexity index is 4720. The third-order valence-corrected chi connectivity index (χ3v) is 15.8. The second-order valence-corrected chi connectivity index (χ2v) is 23.6. The van der Waals surface area contributed by atoms with Crippen LogP contribution < -0.4 is 16.8 Å². The van der Waals surface area contributed by atoms with Crippen LogP contribution in [0.3, 0.4) is 0 Å². The molecule has 1 amide bonds. The molecule has 0 fully saturated rings. The van der Waals surface area contributed by atoms with Crippen molar-refractivity contribution >= 4 is 146 Å². The minimum atomic E-state index is -5.59. The van der Waals surface area contributed by atoms with Crippen molar-refractivity contribution in [2.75, 3.05) is 11.1 Å². The molecule has 414 valence electrons. The maximum Gasteiger partial charge on any atom is 0.297 e. The third kappa shape index (κ3) is 11.8. The summed E-state index contributed by atoms with van der Waals surface area (Å²) in [6, 6.07) is 18.2. The van der Waals surface area contributed by atoms with Gasteiger partial charge >= 0.3 is 0 Å². The molecule has 35 heteroatoms. The fraction of sp³-hybridized carbons (Fsp3) is 0.0444. The predicted molar refractivity (Wildman–Crippen MR) is 282 cm³/mol. The van der Waals surface area contributed by atoms with E-state index in [9.17, 15) is 85.0 Å². The quantitative estimate of drug-likeness (QED) is 0.0259. The van der Waals surface area contributed by atoms with E-state index in [-0.39, 0.29) is 39.8 Å². The Morgan fingerprint density at radius 2 is 0.963 bits per heavy atom. The van der Waals surface area contributed by atoms with Gasteiger partial charge in [0, 0.05) is 35.3 Å². The molecule has 0 unspecified atom stereocenters. The summed E-state index contributed by atoms with van der Waals surface area (Å²) < 4.78 is 177. The lowest BCUT2D eigenvalue weighted by molar-refractivity contribution is -0.114. The highest BCUT2D eigenvalue weighted by atomic mass is 32.2. The summed E-state index contributed by atoms with van der Waals surface area (Å²) in [6.45, 7) is 1.16. The Morgan fingerprint density at radius 3 is 1.55 bits per heavy atom. The van der Waals surface area contributed by atoms with Gasteiger partial charge in [0.1, 0.15) is 64.3 Å². The van der Waals surface area contributed by atoms with Crippen molar-refractivity contribution < 1.29 is 85.0 Å². The van der Waals surface area contributed by atoms with Crippen LogP contribution in [-0.2, 0) is 61.9 Å². The molecule has 0 aromatic heterocycles. The number of anilines is 2. The zero-order valence-corrected chi connectivity index (χ0v) is 43.9. The Kier molecular flexibility index (Phi) is 15.1. The molecule has 0 saturated carbocycles. The van der Waals surface area contributed by atoms with Gasteiger partial charge in [-0.05, 0) is 101 Å². The molecule has 30 nitrogen and oxygen atoms in total. The number of amides is 1. The third-order valence-electron chi connectivity index (χ3n) is 11.3. The van der Waals surface area contributed by atoms with Crippen molar-refractivity contribution in [3.05, 3.63) is 109 Å². The fourth-order valence-electron chi connectivity index (χ4n) is 7.76. The zero-order valence-electron chi connectivity index (χ0n) is 39.9. The molecular formula is C45H35N11O19S5. The fourth-order valence-corrected chi connectivity index (χ4v) is 11.2. The van der Waals surface area contributed by atoms with Crippen molar-refractivity contribution in [2.24, 2.45) is 46.6 Å². The number of benzene rings is 8. The summed E-state index contributed by atoms with van der Waals surface area (Å²) in [6.07, 6.45) is 0. The highest BCUT2D eigenvalue weighted by molar-refractivity contribution is 7.87. The number of rotatable bonds is 15. The molecule has 80 heavy (non-hydrogen) atoms. The van der Waals surface area contributed by atoms with Gasteiger partial charge in [0.15, 0.2) is 17.2 Å². The molecule has 0 aliphatic heterocycles. The van der Waals surface area contributed by atoms with Crippen molar-refractivity contribution in [3.63, 3.8) is 0 Å². The Balaban J connectivity index is 1.22. The van der Waals surface area contributed by atoms with Crippen LogP contribution in [0.2, 0.25) is 0 Å². The average molecular weight is 1190 g/mol. The number of fused-ring (bicyclic) bond motifs is 3. The summed E-state index contributed by atoms with van der Waals surface area (Å²) in [5.74, 6) is -3.14. The number of carbonyl (C=O) groups excluding carboxylic acids is 1. The molecule has 0 spiro atoms. The second kappa shape index (κ2) is 21.1. The molecule has 8 aromatic carbocycles. The van der Waals surface area contributed by atoms with Crippen LogP contribution in [0, 0.1) is 0 Å². The van der Waals surface area contributed by atoms with Crippen LogP contribution in [0.5, 0.6) is 17.2 Å². The summed E-state index contributed by atoms with van der Waals surface area (Å²) in [5, 5.41) is 64.6. The topological polar surface area (TPSA) is 513 Å². The number of hydrogen-bond acceptors (Lipinski definition) is 24. The molecule has 8 rings (SSSR count). The van der Waals surface area contributed by atoms with E-state index < -0.39 is 149 Å². The van der Waals surface area contributed by atoms with Crippen molar-refractivity contribution in [1.29, 1.82) is 0 Å². The standard InChI is InChI=1S/C45H35N11O19S5/c1-20(57)48-24-5-7-25(8-6-24)49-56-41-37(79(70,71)72)18-28-26(43(41)59)9-13-32(45(28)80(73,74)75)53-55-40-36(78(67,68)69)16-23-4-12-31(44(60)38(23)39(40)47)52-54-33-17-27-22(15-35(33)77(64,65)66)3-11-30(42(27)58)51-50-29-10-2-21(19-46)14-34(29)76(61,62)63/h2-18,58-60H,19,46-47H2,1H3,(H,48,57)(H,61,62,63)(H,64,65,66)(H,67,68,69)(H,70,71,72)(H,73,74,75). The number of azo groups is 4. The van der Waals surface area contributed by atoms with E-state index in [1.165, 1.54) is 49.4 Å². The number of nitrogens with two attached hydrogens (primary N) is 2. The number of phenolic OH excluding ortho intramolecular Hbond substituents is 3. The van der Waals surface area contributed by atoms with Crippen LogP contribution in [-0.4, -0.2) is 86.1 Å². The first-order chi connectivity index (χ1) is 37.3. The van der Waals surface area contributed by atoms with Crippen molar-refractivity contribution in [2.45, 2.75) is 37.9 Å². The van der Waals surface area contributed by atoms with Crippen molar-refractivity contribution in [1.82, 2.24) is 0 Å². The monoisotopic (exact) mass is 1190 g/mol. The molecule has 0 bridgehead atoms. The number of aromatic hydroxyl groups is 3. The average Bonchev–Trinajstić information content (AvgIpc) is 3.36. The maximum absolute atomic E-state index is 13.0. The number of nitrogen functional groups attached to an aromatic ring is 1. The van der Waals surface area contributed by atoms with E-state index >= 15 is 0 Å². The highest BCUT2D eigenvalue weighted by Gasteiger charge is 2.30. The molecule has 13 N–H and O–H groups in total. The molecule has 0 aliphatic rings. The Hall–Kier alpha value is -8.88. The molecule has 0 aliphatic carbocycles. The Labute approximate surface area is 450 Å².